The number of alkyl halides is 1. The van der Waals surface area contributed by atoms with Gasteiger partial charge < -0.3 is 5.32 Å². The minimum Gasteiger partial charge on any atom is -0.352 e. The van der Waals surface area contributed by atoms with Crippen LogP contribution in [-0.4, -0.2) is 67.2 Å². The van der Waals surface area contributed by atoms with Gasteiger partial charge in [0, 0.05) is 6.04 Å². The van der Waals surface area contributed by atoms with Crippen molar-refractivity contribution in [2.24, 2.45) is 53.3 Å². The molecule has 0 aromatic carbocycles. The Kier molecular flexibility index (Phi) is 8.85. The molecule has 0 spiro atoms. The highest BCUT2D eigenvalue weighted by Crippen LogP contribution is 2.46. The van der Waals surface area contributed by atoms with Crippen LogP contribution in [0.5, 0.6) is 0 Å². The molecule has 9 N–H and O–H groups in total. The molecular formula is C35H60ClN9O. The Bertz CT molecular complexity index is 1110. The molecule has 4 aliphatic carbocycles. The van der Waals surface area contributed by atoms with Crippen LogP contribution >= 0.6 is 11.6 Å². The number of carbonyl (C=O) groups is 1. The number of halogens is 1. The van der Waals surface area contributed by atoms with E-state index in [-0.39, 0.29) is 36.3 Å². The zero-order valence-electron chi connectivity index (χ0n) is 27.8. The second-order valence-corrected chi connectivity index (χ2v) is 17.2. The van der Waals surface area contributed by atoms with Crippen LogP contribution in [0.4, 0.5) is 0 Å². The normalized spacial score (nSPS) is 54.7. The van der Waals surface area contributed by atoms with Gasteiger partial charge in [-0.05, 0) is 105 Å². The molecule has 9 aliphatic rings. The van der Waals surface area contributed by atoms with Gasteiger partial charge >= 0.3 is 0 Å². The lowest BCUT2D eigenvalue weighted by Gasteiger charge is -2.42. The smallest absolute Gasteiger partial charge is 0.235 e. The van der Waals surface area contributed by atoms with Gasteiger partial charge in [-0.2, -0.15) is 0 Å². The van der Waals surface area contributed by atoms with E-state index < -0.39 is 0 Å². The van der Waals surface area contributed by atoms with Gasteiger partial charge in [-0.25, -0.2) is 0 Å². The number of fused-ring (bicyclic) bond motifs is 20. The molecule has 5 aliphatic heterocycles. The fourth-order valence-electron chi connectivity index (χ4n) is 12.8. The average Bonchev–Trinajstić information content (AvgIpc) is 3.81. The summed E-state index contributed by atoms with van der Waals surface area (Å²) in [6, 6.07) is 0.172. The summed E-state index contributed by atoms with van der Waals surface area (Å²) in [5, 5.41) is 36.9. The van der Waals surface area contributed by atoms with E-state index in [0.717, 1.165) is 12.8 Å². The Morgan fingerprint density at radius 3 is 1.17 bits per heavy atom. The highest BCUT2D eigenvalue weighted by Gasteiger charge is 2.56. The van der Waals surface area contributed by atoms with E-state index in [4.69, 9.17) is 11.6 Å². The van der Waals surface area contributed by atoms with Gasteiger partial charge in [0.15, 0.2) is 0 Å². The first kappa shape index (κ1) is 31.4. The molecule has 18 atom stereocenters. The van der Waals surface area contributed by atoms with Crippen LogP contribution < -0.4 is 47.9 Å². The molecule has 0 aromatic rings. The molecule has 0 radical (unpaired) electrons. The molecule has 46 heavy (non-hydrogen) atoms. The lowest BCUT2D eigenvalue weighted by molar-refractivity contribution is -0.120. The molecule has 0 aromatic heterocycles. The summed E-state index contributed by atoms with van der Waals surface area (Å²) in [6.07, 6.45) is 20.6. The molecule has 11 heteroatoms. The Labute approximate surface area is 281 Å². The summed E-state index contributed by atoms with van der Waals surface area (Å²) in [7, 11) is 0. The molecule has 9 rings (SSSR count). The molecule has 9 fully saturated rings. The summed E-state index contributed by atoms with van der Waals surface area (Å²) in [4.78, 5) is 12.4. The molecule has 5 saturated heterocycles. The lowest BCUT2D eigenvalue weighted by atomic mass is 9.69. The van der Waals surface area contributed by atoms with Crippen LogP contribution in [0, 0.1) is 53.3 Å². The maximum absolute atomic E-state index is 12.4. The number of amides is 1. The van der Waals surface area contributed by atoms with Crippen molar-refractivity contribution in [2.45, 2.75) is 152 Å². The molecule has 1 amide bonds. The number of nitrogens with one attached hydrogen (secondary N) is 9. The minimum atomic E-state index is -0.0378. The summed E-state index contributed by atoms with van der Waals surface area (Å²) in [5.74, 6) is 5.31. The van der Waals surface area contributed by atoms with Crippen molar-refractivity contribution in [3.05, 3.63) is 0 Å². The first-order chi connectivity index (χ1) is 22.6. The van der Waals surface area contributed by atoms with Crippen molar-refractivity contribution in [1.29, 1.82) is 0 Å². The Hall–Kier alpha value is -0.560. The third-order valence-corrected chi connectivity index (χ3v) is 15.1. The Morgan fingerprint density at radius 1 is 0.500 bits per heavy atom. The van der Waals surface area contributed by atoms with Crippen LogP contribution in [0.1, 0.15) is 96.8 Å². The van der Waals surface area contributed by atoms with E-state index in [9.17, 15) is 4.79 Å². The highest BCUT2D eigenvalue weighted by molar-refractivity contribution is 6.27. The molecule has 4 saturated carbocycles. The van der Waals surface area contributed by atoms with E-state index in [1.807, 2.05) is 0 Å². The van der Waals surface area contributed by atoms with Crippen LogP contribution in [0.25, 0.3) is 0 Å². The number of hydrogen-bond donors (Lipinski definition) is 9. The number of carbonyl (C=O) groups excluding carboxylic acids is 1. The summed E-state index contributed by atoms with van der Waals surface area (Å²) < 4.78 is 0. The molecule has 258 valence electrons. The second-order valence-electron chi connectivity index (χ2n) is 17.0. The fraction of sp³-hybridized carbons (Fsp3) is 0.971. The largest absolute Gasteiger partial charge is 0.352 e. The fourth-order valence-corrected chi connectivity index (χ4v) is 12.9. The number of hydrogen-bond acceptors (Lipinski definition) is 9. The third kappa shape index (κ3) is 5.48. The van der Waals surface area contributed by atoms with E-state index in [1.54, 1.807) is 0 Å². The maximum atomic E-state index is 12.4. The van der Waals surface area contributed by atoms with Crippen LogP contribution in [-0.2, 0) is 4.79 Å². The summed E-state index contributed by atoms with van der Waals surface area (Å²) in [6.45, 7) is 2.38. The van der Waals surface area contributed by atoms with E-state index in [2.05, 4.69) is 54.8 Å². The van der Waals surface area contributed by atoms with Gasteiger partial charge in [0.2, 0.25) is 5.91 Å². The van der Waals surface area contributed by atoms with E-state index in [1.165, 1.54) is 77.0 Å². The van der Waals surface area contributed by atoms with Crippen LogP contribution in [0.3, 0.4) is 0 Å². The predicted molar refractivity (Wildman–Crippen MR) is 180 cm³/mol. The van der Waals surface area contributed by atoms with Gasteiger partial charge in [0.05, 0.1) is 49.3 Å². The van der Waals surface area contributed by atoms with E-state index in [0.29, 0.717) is 84.1 Å². The Balaban J connectivity index is 1.05. The molecule has 18 unspecified atom stereocenters. The van der Waals surface area contributed by atoms with Crippen molar-refractivity contribution in [2.75, 3.05) is 5.88 Å². The van der Waals surface area contributed by atoms with Gasteiger partial charge in [-0.3, -0.25) is 47.3 Å². The average molecular weight is 658 g/mol. The van der Waals surface area contributed by atoms with Crippen molar-refractivity contribution in [1.82, 2.24) is 47.9 Å². The standard InChI is InChI=1S/C35H60ClN9O/c1-17-25(37-26(46)16-36)15-14-24-27(17)35-44-33-23-13-7-6-12-22(23)31(42-33)40-29-19-9-3-2-8-18(19)28(38-29)39-30-20-10-4-5-11-21(20)32(41-30)43-34(24)45-35/h17-25,27-35,38-45H,2-16H2,1H3,(H,37,46). The third-order valence-electron chi connectivity index (χ3n) is 14.9. The zero-order chi connectivity index (χ0) is 30.9. The monoisotopic (exact) mass is 657 g/mol. The summed E-state index contributed by atoms with van der Waals surface area (Å²) in [5.41, 5.74) is 0. The lowest BCUT2D eigenvalue weighted by Crippen LogP contribution is -2.62. The molecule has 5 heterocycles. The molecule has 8 bridgehead atoms. The minimum absolute atomic E-state index is 0.0360. The maximum Gasteiger partial charge on any atom is 0.235 e. The van der Waals surface area contributed by atoms with Crippen molar-refractivity contribution in [3.63, 3.8) is 0 Å². The van der Waals surface area contributed by atoms with Gasteiger partial charge in [0.1, 0.15) is 5.88 Å². The van der Waals surface area contributed by atoms with Crippen molar-refractivity contribution < 1.29 is 4.79 Å². The van der Waals surface area contributed by atoms with Crippen molar-refractivity contribution >= 4 is 17.5 Å². The van der Waals surface area contributed by atoms with Crippen LogP contribution in [0.2, 0.25) is 0 Å². The summed E-state index contributed by atoms with van der Waals surface area (Å²) >= 11 is 5.96. The molecule has 10 nitrogen and oxygen atoms in total. The molecular weight excluding hydrogens is 598 g/mol. The van der Waals surface area contributed by atoms with Crippen LogP contribution in [0.15, 0.2) is 0 Å². The number of rotatable bonds is 2. The SMILES string of the molecule is CC1C(NC(=O)CCl)CCC2C3NC4NC(NC5NC(NC6NC(NC(N3)C12)C1CCCCC61)C1CCCCC51)C1CCCCC41. The van der Waals surface area contributed by atoms with Gasteiger partial charge in [-0.15, -0.1) is 11.6 Å². The topological polar surface area (TPSA) is 125 Å². The second kappa shape index (κ2) is 13.0. The van der Waals surface area contributed by atoms with Crippen molar-refractivity contribution in [3.8, 4) is 0 Å². The Morgan fingerprint density at radius 2 is 0.826 bits per heavy atom. The van der Waals surface area contributed by atoms with Gasteiger partial charge in [0.25, 0.3) is 0 Å². The highest BCUT2D eigenvalue weighted by atomic mass is 35.5. The first-order valence-electron chi connectivity index (χ1n) is 19.5. The zero-order valence-corrected chi connectivity index (χ0v) is 28.5. The first-order valence-corrected chi connectivity index (χ1v) is 20.0. The quantitative estimate of drug-likeness (QED) is 0.206. The van der Waals surface area contributed by atoms with E-state index >= 15 is 0 Å². The van der Waals surface area contributed by atoms with Gasteiger partial charge in [-0.1, -0.05) is 45.4 Å². The predicted octanol–water partition coefficient (Wildman–Crippen LogP) is 2.19.